The van der Waals surface area contributed by atoms with Gasteiger partial charge in [-0.2, -0.15) is 0 Å². The van der Waals surface area contributed by atoms with Gasteiger partial charge in [0.15, 0.2) is 5.96 Å². The van der Waals surface area contributed by atoms with E-state index in [0.29, 0.717) is 18.7 Å². The molecule has 1 aliphatic rings. The molecule has 0 aromatic carbocycles. The summed E-state index contributed by atoms with van der Waals surface area (Å²) in [5, 5.41) is 7.93. The normalized spacial score (nSPS) is 24.5. The molecular formula is C15H26N4OS. The highest BCUT2D eigenvalue weighted by molar-refractivity contribution is 7.11. The second-order valence-electron chi connectivity index (χ2n) is 6.02. The summed E-state index contributed by atoms with van der Waals surface area (Å²) in [6, 6.07) is 0.392. The summed E-state index contributed by atoms with van der Waals surface area (Å²) < 4.78 is 5.50. The third-order valence-electron chi connectivity index (χ3n) is 4.18. The van der Waals surface area contributed by atoms with Gasteiger partial charge in [-0.1, -0.05) is 13.8 Å². The molecule has 6 heteroatoms. The van der Waals surface area contributed by atoms with Crippen LogP contribution in [-0.4, -0.2) is 36.7 Å². The van der Waals surface area contributed by atoms with Crippen molar-refractivity contribution in [2.75, 3.05) is 13.7 Å². The molecule has 118 valence electrons. The zero-order valence-electron chi connectivity index (χ0n) is 13.6. The van der Waals surface area contributed by atoms with Crippen molar-refractivity contribution in [1.29, 1.82) is 0 Å². The fourth-order valence-electron chi connectivity index (χ4n) is 2.65. The van der Waals surface area contributed by atoms with Crippen LogP contribution < -0.4 is 10.6 Å². The number of nitrogens with zero attached hydrogens (tertiary/aromatic N) is 2. The molecule has 1 heterocycles. The topological polar surface area (TPSA) is 58.5 Å². The van der Waals surface area contributed by atoms with E-state index in [1.807, 2.05) is 13.1 Å². The monoisotopic (exact) mass is 310 g/mol. The minimum Gasteiger partial charge on any atom is -0.381 e. The summed E-state index contributed by atoms with van der Waals surface area (Å²) in [5.41, 5.74) is 0.131. The Morgan fingerprint density at radius 1 is 1.57 bits per heavy atom. The van der Waals surface area contributed by atoms with E-state index in [2.05, 4.69) is 41.4 Å². The van der Waals surface area contributed by atoms with Crippen LogP contribution in [0.3, 0.4) is 0 Å². The van der Waals surface area contributed by atoms with E-state index in [4.69, 9.17) is 4.74 Å². The van der Waals surface area contributed by atoms with E-state index in [0.717, 1.165) is 23.9 Å². The molecule has 2 rings (SSSR count). The molecular weight excluding hydrogens is 284 g/mol. The molecule has 0 aliphatic heterocycles. The van der Waals surface area contributed by atoms with E-state index in [-0.39, 0.29) is 5.41 Å². The molecule has 0 spiro atoms. The molecule has 1 saturated carbocycles. The number of methoxy groups -OCH3 is 1. The van der Waals surface area contributed by atoms with Gasteiger partial charge >= 0.3 is 0 Å². The van der Waals surface area contributed by atoms with Crippen LogP contribution in [0.1, 0.15) is 37.1 Å². The van der Waals surface area contributed by atoms with E-state index < -0.39 is 0 Å². The maximum atomic E-state index is 5.50. The maximum absolute atomic E-state index is 5.50. The van der Waals surface area contributed by atoms with E-state index in [9.17, 15) is 0 Å². The fourth-order valence-corrected chi connectivity index (χ4v) is 3.37. The Labute approximate surface area is 131 Å². The summed E-state index contributed by atoms with van der Waals surface area (Å²) in [4.78, 5) is 10.1. The zero-order chi connectivity index (χ0) is 15.5. The number of hydrogen-bond acceptors (Lipinski definition) is 4. The fraction of sp³-hybridized carbons (Fsp3) is 0.733. The summed E-state index contributed by atoms with van der Waals surface area (Å²) in [5.74, 6) is 0.871. The van der Waals surface area contributed by atoms with E-state index in [1.54, 1.807) is 18.4 Å². The number of hydrogen-bond donors (Lipinski definition) is 2. The van der Waals surface area contributed by atoms with Crippen molar-refractivity contribution in [3.8, 4) is 0 Å². The first-order chi connectivity index (χ1) is 9.97. The second-order valence-corrected chi connectivity index (χ2v) is 7.34. The maximum Gasteiger partial charge on any atom is 0.191 e. The molecule has 0 amide bonds. The van der Waals surface area contributed by atoms with Crippen molar-refractivity contribution in [2.45, 2.75) is 52.8 Å². The number of aryl methyl sites for hydroxylation is 1. The van der Waals surface area contributed by atoms with Gasteiger partial charge in [-0.25, -0.2) is 9.98 Å². The first-order valence-electron chi connectivity index (χ1n) is 7.46. The molecule has 2 unspecified atom stereocenters. The van der Waals surface area contributed by atoms with Crippen LogP contribution in [0, 0.1) is 12.3 Å². The van der Waals surface area contributed by atoms with Gasteiger partial charge in [-0.3, -0.25) is 0 Å². The van der Waals surface area contributed by atoms with Crippen molar-refractivity contribution >= 4 is 17.3 Å². The van der Waals surface area contributed by atoms with Gasteiger partial charge in [0.2, 0.25) is 0 Å². The van der Waals surface area contributed by atoms with Gasteiger partial charge in [-0.15, -0.1) is 11.3 Å². The molecule has 2 atom stereocenters. The average molecular weight is 310 g/mol. The predicted octanol–water partition coefficient (Wildman–Crippen LogP) is 2.32. The van der Waals surface area contributed by atoms with Crippen LogP contribution in [0.4, 0.5) is 0 Å². The quantitative estimate of drug-likeness (QED) is 0.647. The minimum atomic E-state index is 0.131. The average Bonchev–Trinajstić information content (AvgIpc) is 2.85. The largest absolute Gasteiger partial charge is 0.381 e. The molecule has 0 saturated heterocycles. The Bertz CT molecular complexity index is 498. The van der Waals surface area contributed by atoms with E-state index >= 15 is 0 Å². The predicted molar refractivity (Wildman–Crippen MR) is 87.8 cm³/mol. The molecule has 0 bridgehead atoms. The van der Waals surface area contributed by atoms with Crippen LogP contribution >= 0.6 is 11.3 Å². The second kappa shape index (κ2) is 6.75. The zero-order valence-corrected chi connectivity index (χ0v) is 14.4. The Balaban J connectivity index is 1.96. The summed E-state index contributed by atoms with van der Waals surface area (Å²) in [7, 11) is 1.79. The van der Waals surface area contributed by atoms with Crippen LogP contribution in [0.5, 0.6) is 0 Å². The third kappa shape index (κ3) is 3.74. The summed E-state index contributed by atoms with van der Waals surface area (Å²) in [6.45, 7) is 10.1. The van der Waals surface area contributed by atoms with Crippen molar-refractivity contribution < 1.29 is 4.74 Å². The van der Waals surface area contributed by atoms with E-state index in [1.165, 1.54) is 4.88 Å². The number of ether oxygens (including phenoxy) is 1. The Morgan fingerprint density at radius 2 is 2.33 bits per heavy atom. The number of aromatic nitrogens is 1. The standard InChI is InChI=1S/C15H26N4OS/c1-6-16-14(18-9-11-8-17-10(2)21-11)19-12-7-13(20-5)15(12,3)4/h8,12-13H,6-7,9H2,1-5H3,(H2,16,18,19). The molecule has 1 aromatic rings. The first-order valence-corrected chi connectivity index (χ1v) is 8.28. The lowest BCUT2D eigenvalue weighted by molar-refractivity contribution is -0.0922. The van der Waals surface area contributed by atoms with Crippen LogP contribution in [0.25, 0.3) is 0 Å². The van der Waals surface area contributed by atoms with Crippen LogP contribution in [-0.2, 0) is 11.3 Å². The van der Waals surface area contributed by atoms with Crippen LogP contribution in [0.15, 0.2) is 11.2 Å². The van der Waals surface area contributed by atoms with Crippen molar-refractivity contribution in [3.05, 3.63) is 16.1 Å². The number of rotatable bonds is 5. The van der Waals surface area contributed by atoms with Gasteiger partial charge < -0.3 is 15.4 Å². The smallest absolute Gasteiger partial charge is 0.191 e. The van der Waals surface area contributed by atoms with Gasteiger partial charge in [0.1, 0.15) is 0 Å². The lowest BCUT2D eigenvalue weighted by atomic mass is 9.64. The molecule has 0 radical (unpaired) electrons. The summed E-state index contributed by atoms with van der Waals surface area (Å²) in [6.07, 6.45) is 3.25. The van der Waals surface area contributed by atoms with Gasteiger partial charge in [-0.05, 0) is 20.3 Å². The van der Waals surface area contributed by atoms with Gasteiger partial charge in [0.25, 0.3) is 0 Å². The Morgan fingerprint density at radius 3 is 2.86 bits per heavy atom. The molecule has 21 heavy (non-hydrogen) atoms. The highest BCUT2D eigenvalue weighted by atomic mass is 32.1. The van der Waals surface area contributed by atoms with Gasteiger partial charge in [0, 0.05) is 36.2 Å². The SMILES string of the molecule is CCNC(=NCc1cnc(C)s1)NC1CC(OC)C1(C)C. The lowest BCUT2D eigenvalue weighted by Gasteiger charge is -2.51. The number of aliphatic imine (C=N–C) groups is 1. The highest BCUT2D eigenvalue weighted by Gasteiger charge is 2.48. The molecule has 5 nitrogen and oxygen atoms in total. The molecule has 1 aromatic heterocycles. The number of thiazole rings is 1. The van der Waals surface area contributed by atoms with Crippen molar-refractivity contribution in [1.82, 2.24) is 15.6 Å². The molecule has 1 fully saturated rings. The van der Waals surface area contributed by atoms with Crippen molar-refractivity contribution in [3.63, 3.8) is 0 Å². The molecule has 1 aliphatic carbocycles. The van der Waals surface area contributed by atoms with Gasteiger partial charge in [0.05, 0.1) is 17.7 Å². The summed E-state index contributed by atoms with van der Waals surface area (Å²) >= 11 is 1.70. The Hall–Kier alpha value is -1.14. The Kier molecular flexibility index (Phi) is 5.22. The third-order valence-corrected chi connectivity index (χ3v) is 5.08. The number of guanidine groups is 1. The van der Waals surface area contributed by atoms with Crippen molar-refractivity contribution in [2.24, 2.45) is 10.4 Å². The highest BCUT2D eigenvalue weighted by Crippen LogP contribution is 2.42. The number of nitrogens with one attached hydrogen (secondary N) is 2. The first kappa shape index (κ1) is 16.2. The van der Waals surface area contributed by atoms with Crippen LogP contribution in [0.2, 0.25) is 0 Å². The molecule has 2 N–H and O–H groups in total. The lowest BCUT2D eigenvalue weighted by Crippen LogP contribution is -2.63. The minimum absolute atomic E-state index is 0.131.